The molecule has 0 spiro atoms. The maximum atomic E-state index is 11.7. The van der Waals surface area contributed by atoms with Gasteiger partial charge in [-0.15, -0.1) is 0 Å². The van der Waals surface area contributed by atoms with Gasteiger partial charge in [0.25, 0.3) is 0 Å². The Hall–Kier alpha value is -3.11. The standard InChI is InChI=1S/C26H28N2O2/c1-19-6-3-8-21(14-19)17-28(18-22-9-4-7-20(2)15-22)12-13-30-25-11-5-10-24-23(25)16-26(29)27-24/h3-11,14-15H,12-13,16-18H2,1-2H3,(H,27,29). The number of hydrogen-bond donors (Lipinski definition) is 1. The van der Waals surface area contributed by atoms with Crippen LogP contribution in [-0.2, 0) is 24.3 Å². The Kier molecular flexibility index (Phi) is 6.15. The summed E-state index contributed by atoms with van der Waals surface area (Å²) in [5.41, 5.74) is 6.99. The lowest BCUT2D eigenvalue weighted by atomic mass is 10.1. The molecule has 1 aliphatic rings. The highest BCUT2D eigenvalue weighted by Gasteiger charge is 2.21. The summed E-state index contributed by atoms with van der Waals surface area (Å²) in [4.78, 5) is 14.1. The van der Waals surface area contributed by atoms with Crippen LogP contribution in [0.15, 0.2) is 66.7 Å². The SMILES string of the molecule is Cc1cccc(CN(CCOc2cccc3c2CC(=O)N3)Cc2cccc(C)c2)c1. The number of rotatable bonds is 8. The summed E-state index contributed by atoms with van der Waals surface area (Å²) in [6, 6.07) is 23.1. The van der Waals surface area contributed by atoms with Crippen LogP contribution in [0.25, 0.3) is 0 Å². The van der Waals surface area contributed by atoms with E-state index in [4.69, 9.17) is 4.74 Å². The monoisotopic (exact) mass is 400 g/mol. The molecule has 4 nitrogen and oxygen atoms in total. The summed E-state index contributed by atoms with van der Waals surface area (Å²) in [6.07, 6.45) is 0.391. The molecule has 0 fully saturated rings. The van der Waals surface area contributed by atoms with Crippen LogP contribution in [-0.4, -0.2) is 24.0 Å². The van der Waals surface area contributed by atoms with Gasteiger partial charge in [-0.05, 0) is 37.1 Å². The van der Waals surface area contributed by atoms with Crippen LogP contribution in [0.4, 0.5) is 5.69 Å². The highest BCUT2D eigenvalue weighted by Crippen LogP contribution is 2.31. The molecule has 0 saturated heterocycles. The Morgan fingerprint density at radius 1 is 0.900 bits per heavy atom. The maximum Gasteiger partial charge on any atom is 0.229 e. The lowest BCUT2D eigenvalue weighted by molar-refractivity contribution is -0.115. The van der Waals surface area contributed by atoms with Crippen LogP contribution in [0.2, 0.25) is 0 Å². The summed E-state index contributed by atoms with van der Waals surface area (Å²) in [6.45, 7) is 7.36. The number of hydrogen-bond acceptors (Lipinski definition) is 3. The van der Waals surface area contributed by atoms with Gasteiger partial charge in [0.15, 0.2) is 0 Å². The Balaban J connectivity index is 1.44. The van der Waals surface area contributed by atoms with E-state index in [-0.39, 0.29) is 5.91 Å². The average Bonchev–Trinajstić information content (AvgIpc) is 3.09. The third-order valence-electron chi connectivity index (χ3n) is 5.39. The van der Waals surface area contributed by atoms with Crippen molar-refractivity contribution in [2.24, 2.45) is 0 Å². The fourth-order valence-corrected chi connectivity index (χ4v) is 3.99. The molecule has 0 bridgehead atoms. The zero-order chi connectivity index (χ0) is 20.9. The van der Waals surface area contributed by atoms with Crippen molar-refractivity contribution in [3.8, 4) is 5.75 Å². The summed E-state index contributed by atoms with van der Waals surface area (Å²) < 4.78 is 6.12. The van der Waals surface area contributed by atoms with Gasteiger partial charge in [0.05, 0.1) is 6.42 Å². The Morgan fingerprint density at radius 2 is 1.53 bits per heavy atom. The largest absolute Gasteiger partial charge is 0.492 e. The van der Waals surface area contributed by atoms with Crippen molar-refractivity contribution in [1.82, 2.24) is 4.90 Å². The van der Waals surface area contributed by atoms with Gasteiger partial charge in [0, 0.05) is 30.9 Å². The van der Waals surface area contributed by atoms with Crippen molar-refractivity contribution in [2.75, 3.05) is 18.5 Å². The lowest BCUT2D eigenvalue weighted by Gasteiger charge is -2.23. The van der Waals surface area contributed by atoms with Crippen molar-refractivity contribution in [1.29, 1.82) is 0 Å². The lowest BCUT2D eigenvalue weighted by Crippen LogP contribution is -2.28. The predicted molar refractivity (Wildman–Crippen MR) is 121 cm³/mol. The van der Waals surface area contributed by atoms with Gasteiger partial charge in [0.2, 0.25) is 5.91 Å². The first-order valence-corrected chi connectivity index (χ1v) is 10.4. The fourth-order valence-electron chi connectivity index (χ4n) is 3.99. The second kappa shape index (κ2) is 9.14. The Morgan fingerprint density at radius 3 is 2.17 bits per heavy atom. The van der Waals surface area contributed by atoms with Gasteiger partial charge >= 0.3 is 0 Å². The second-order valence-electron chi connectivity index (χ2n) is 8.04. The highest BCUT2D eigenvalue weighted by atomic mass is 16.5. The summed E-state index contributed by atoms with van der Waals surface area (Å²) in [5, 5.41) is 2.88. The third-order valence-corrected chi connectivity index (χ3v) is 5.39. The van der Waals surface area contributed by atoms with Gasteiger partial charge in [-0.25, -0.2) is 0 Å². The van der Waals surface area contributed by atoms with Gasteiger partial charge in [-0.3, -0.25) is 9.69 Å². The van der Waals surface area contributed by atoms with Gasteiger partial charge in [-0.1, -0.05) is 65.7 Å². The van der Waals surface area contributed by atoms with Gasteiger partial charge < -0.3 is 10.1 Å². The zero-order valence-electron chi connectivity index (χ0n) is 17.7. The molecule has 4 heteroatoms. The predicted octanol–water partition coefficient (Wildman–Crippen LogP) is 4.88. The van der Waals surface area contributed by atoms with Gasteiger partial charge in [0.1, 0.15) is 12.4 Å². The summed E-state index contributed by atoms with van der Waals surface area (Å²) in [7, 11) is 0. The number of anilines is 1. The Bertz CT molecular complexity index is 997. The number of benzene rings is 3. The molecule has 0 radical (unpaired) electrons. The number of fused-ring (bicyclic) bond motifs is 1. The van der Waals surface area contributed by atoms with Crippen LogP contribution >= 0.6 is 0 Å². The second-order valence-corrected chi connectivity index (χ2v) is 8.04. The molecule has 4 rings (SSSR count). The Labute approximate surface area is 178 Å². The van der Waals surface area contributed by atoms with Crippen molar-refractivity contribution in [3.05, 3.63) is 94.5 Å². The molecule has 1 amide bonds. The molecule has 3 aromatic rings. The maximum absolute atomic E-state index is 11.7. The number of nitrogens with one attached hydrogen (secondary N) is 1. The third kappa shape index (κ3) is 5.08. The van der Waals surface area contributed by atoms with E-state index in [1.165, 1.54) is 22.3 Å². The van der Waals surface area contributed by atoms with Crippen molar-refractivity contribution < 1.29 is 9.53 Å². The first-order chi connectivity index (χ1) is 14.6. The molecule has 0 atom stereocenters. The minimum Gasteiger partial charge on any atom is -0.492 e. The van der Waals surface area contributed by atoms with E-state index in [1.807, 2.05) is 18.2 Å². The van der Waals surface area contributed by atoms with E-state index in [9.17, 15) is 4.79 Å². The fraction of sp³-hybridized carbons (Fsp3) is 0.269. The minimum absolute atomic E-state index is 0.0292. The number of aryl methyl sites for hydroxylation is 2. The van der Waals surface area contributed by atoms with E-state index in [2.05, 4.69) is 72.6 Å². The number of carbonyl (C=O) groups is 1. The average molecular weight is 401 g/mol. The molecular weight excluding hydrogens is 372 g/mol. The minimum atomic E-state index is 0.0292. The topological polar surface area (TPSA) is 41.6 Å². The molecule has 0 aromatic heterocycles. The first-order valence-electron chi connectivity index (χ1n) is 10.4. The van der Waals surface area contributed by atoms with Crippen LogP contribution in [0.3, 0.4) is 0 Å². The molecule has 0 aliphatic carbocycles. The molecule has 154 valence electrons. The quantitative estimate of drug-likeness (QED) is 0.586. The molecule has 1 aliphatic heterocycles. The van der Waals surface area contributed by atoms with Crippen LogP contribution in [0, 0.1) is 13.8 Å². The van der Waals surface area contributed by atoms with E-state index < -0.39 is 0 Å². The molecule has 30 heavy (non-hydrogen) atoms. The van der Waals surface area contributed by atoms with E-state index in [1.54, 1.807) is 0 Å². The van der Waals surface area contributed by atoms with E-state index >= 15 is 0 Å². The van der Waals surface area contributed by atoms with Crippen molar-refractivity contribution >= 4 is 11.6 Å². The number of carbonyl (C=O) groups excluding carboxylic acids is 1. The molecule has 1 N–H and O–H groups in total. The molecule has 3 aromatic carbocycles. The normalized spacial score (nSPS) is 12.7. The highest BCUT2D eigenvalue weighted by molar-refractivity contribution is 6.00. The van der Waals surface area contributed by atoms with Crippen LogP contribution in [0.5, 0.6) is 5.75 Å². The van der Waals surface area contributed by atoms with Crippen LogP contribution in [0.1, 0.15) is 27.8 Å². The zero-order valence-corrected chi connectivity index (χ0v) is 17.7. The van der Waals surface area contributed by atoms with Crippen molar-refractivity contribution in [2.45, 2.75) is 33.4 Å². The smallest absolute Gasteiger partial charge is 0.229 e. The number of ether oxygens (including phenoxy) is 1. The van der Waals surface area contributed by atoms with Crippen LogP contribution < -0.4 is 10.1 Å². The summed E-state index contributed by atoms with van der Waals surface area (Å²) >= 11 is 0. The van der Waals surface area contributed by atoms with E-state index in [0.29, 0.717) is 13.0 Å². The molecule has 0 saturated carbocycles. The molecule has 1 heterocycles. The summed E-state index contributed by atoms with van der Waals surface area (Å²) in [5.74, 6) is 0.832. The van der Waals surface area contributed by atoms with Gasteiger partial charge in [-0.2, -0.15) is 0 Å². The number of nitrogens with zero attached hydrogens (tertiary/aromatic N) is 1. The van der Waals surface area contributed by atoms with Crippen molar-refractivity contribution in [3.63, 3.8) is 0 Å². The molecule has 0 unspecified atom stereocenters. The molecular formula is C26H28N2O2. The van der Waals surface area contributed by atoms with E-state index in [0.717, 1.165) is 36.6 Å². The first kappa shape index (κ1) is 20.2. The number of amides is 1.